The van der Waals surface area contributed by atoms with Gasteiger partial charge in [-0.05, 0) is 38.0 Å². The lowest BCUT2D eigenvalue weighted by Gasteiger charge is -2.39. The number of piperidine rings is 1. The van der Waals surface area contributed by atoms with Crippen LogP contribution in [0.15, 0.2) is 16.6 Å². The van der Waals surface area contributed by atoms with Crippen molar-refractivity contribution >= 4 is 35.8 Å². The number of nitrogens with one attached hydrogen (secondary N) is 1. The lowest BCUT2D eigenvalue weighted by molar-refractivity contribution is -0.135. The van der Waals surface area contributed by atoms with E-state index in [1.807, 2.05) is 0 Å². The fraction of sp³-hybridized carbons (Fsp3) is 0.826. The minimum Gasteiger partial charge on any atom is -0.377 e. The van der Waals surface area contributed by atoms with Crippen LogP contribution in [0.1, 0.15) is 40.0 Å². The molecule has 178 valence electrons. The molecule has 31 heavy (non-hydrogen) atoms. The summed E-state index contributed by atoms with van der Waals surface area (Å²) in [4.78, 5) is 24.4. The second kappa shape index (κ2) is 13.6. The van der Waals surface area contributed by atoms with Crippen LogP contribution in [0, 0.1) is 11.8 Å². The maximum Gasteiger partial charge on any atom is 0.236 e. The molecule has 2 unspecified atom stereocenters. The van der Waals surface area contributed by atoms with Gasteiger partial charge in [-0.15, -0.1) is 24.0 Å². The van der Waals surface area contributed by atoms with Gasteiger partial charge in [0.25, 0.3) is 0 Å². The molecule has 0 aromatic rings. The highest BCUT2D eigenvalue weighted by molar-refractivity contribution is 14.0. The van der Waals surface area contributed by atoms with Crippen LogP contribution in [0.3, 0.4) is 0 Å². The van der Waals surface area contributed by atoms with Crippen molar-refractivity contribution in [2.45, 2.75) is 40.0 Å². The van der Waals surface area contributed by atoms with E-state index in [2.05, 4.69) is 46.9 Å². The largest absolute Gasteiger partial charge is 0.377 e. The Morgan fingerprint density at radius 3 is 2.48 bits per heavy atom. The van der Waals surface area contributed by atoms with E-state index in [4.69, 9.17) is 9.73 Å². The topological polar surface area (TPSA) is 60.4 Å². The Hall–Kier alpha value is -0.870. The van der Waals surface area contributed by atoms with Crippen LogP contribution in [0.4, 0.5) is 0 Å². The Kier molecular flexibility index (Phi) is 11.6. The maximum absolute atomic E-state index is 12.8. The van der Waals surface area contributed by atoms with Crippen LogP contribution in [0.5, 0.6) is 0 Å². The van der Waals surface area contributed by atoms with Crippen molar-refractivity contribution in [3.8, 4) is 0 Å². The van der Waals surface area contributed by atoms with Gasteiger partial charge in [-0.25, -0.2) is 0 Å². The van der Waals surface area contributed by atoms with Gasteiger partial charge >= 0.3 is 0 Å². The zero-order chi connectivity index (χ0) is 21.3. The predicted molar refractivity (Wildman–Crippen MR) is 137 cm³/mol. The summed E-state index contributed by atoms with van der Waals surface area (Å²) in [6, 6.07) is 0. The van der Waals surface area contributed by atoms with Gasteiger partial charge in [-0.3, -0.25) is 14.7 Å². The first-order valence-electron chi connectivity index (χ1n) is 11.8. The lowest BCUT2D eigenvalue weighted by atomic mass is 9.92. The van der Waals surface area contributed by atoms with Crippen LogP contribution in [0.2, 0.25) is 0 Å². The molecule has 1 amide bonds. The van der Waals surface area contributed by atoms with Crippen LogP contribution in [-0.2, 0) is 9.53 Å². The molecule has 8 heteroatoms. The van der Waals surface area contributed by atoms with Crippen LogP contribution in [-0.4, -0.2) is 98.7 Å². The molecule has 1 N–H and O–H groups in total. The van der Waals surface area contributed by atoms with Crippen molar-refractivity contribution in [3.63, 3.8) is 0 Å². The molecule has 0 spiro atoms. The van der Waals surface area contributed by atoms with Gasteiger partial charge < -0.3 is 19.9 Å². The number of ether oxygens (including phenoxy) is 1. The Bertz CT molecular complexity index is 609. The summed E-state index contributed by atoms with van der Waals surface area (Å²) >= 11 is 0. The van der Waals surface area contributed by atoms with E-state index in [1.54, 1.807) is 0 Å². The van der Waals surface area contributed by atoms with Crippen LogP contribution in [0.25, 0.3) is 0 Å². The van der Waals surface area contributed by atoms with Crippen LogP contribution < -0.4 is 5.32 Å². The van der Waals surface area contributed by atoms with E-state index in [0.29, 0.717) is 24.3 Å². The van der Waals surface area contributed by atoms with Crippen molar-refractivity contribution in [2.24, 2.45) is 16.8 Å². The Morgan fingerprint density at radius 2 is 1.87 bits per heavy atom. The fourth-order valence-electron chi connectivity index (χ4n) is 4.80. The normalized spacial score (nSPS) is 25.6. The number of rotatable bonds is 6. The van der Waals surface area contributed by atoms with Crippen molar-refractivity contribution in [3.05, 3.63) is 11.6 Å². The summed E-state index contributed by atoms with van der Waals surface area (Å²) in [5, 5.41) is 3.45. The second-order valence-corrected chi connectivity index (χ2v) is 9.18. The number of piperazine rings is 1. The van der Waals surface area contributed by atoms with Gasteiger partial charge in [-0.2, -0.15) is 0 Å². The highest BCUT2D eigenvalue weighted by Crippen LogP contribution is 2.21. The minimum absolute atomic E-state index is 0. The third kappa shape index (κ3) is 8.53. The molecule has 3 aliphatic rings. The third-order valence-electron chi connectivity index (χ3n) is 6.34. The van der Waals surface area contributed by atoms with Crippen molar-refractivity contribution in [1.82, 2.24) is 20.0 Å². The first kappa shape index (κ1) is 26.4. The first-order chi connectivity index (χ1) is 14.5. The summed E-state index contributed by atoms with van der Waals surface area (Å²) in [6.07, 6.45) is 5.48. The Morgan fingerprint density at radius 1 is 1.16 bits per heavy atom. The van der Waals surface area contributed by atoms with Gasteiger partial charge in [0.2, 0.25) is 5.91 Å². The van der Waals surface area contributed by atoms with E-state index in [9.17, 15) is 4.79 Å². The highest BCUT2D eigenvalue weighted by atomic mass is 127. The summed E-state index contributed by atoms with van der Waals surface area (Å²) in [5.41, 5.74) is 1.46. The molecular weight excluding hydrogens is 505 g/mol. The molecule has 2 fully saturated rings. The second-order valence-electron chi connectivity index (χ2n) is 9.18. The van der Waals surface area contributed by atoms with Crippen molar-refractivity contribution in [1.29, 1.82) is 0 Å². The van der Waals surface area contributed by atoms with E-state index < -0.39 is 0 Å². The molecule has 3 heterocycles. The molecule has 3 rings (SSSR count). The number of halogens is 1. The lowest BCUT2D eigenvalue weighted by Crippen LogP contribution is -2.55. The summed E-state index contributed by atoms with van der Waals surface area (Å²) in [6.45, 7) is 16.0. The molecule has 0 aliphatic carbocycles. The average Bonchev–Trinajstić information content (AvgIpc) is 2.74. The molecule has 0 aromatic carbocycles. The molecule has 0 bridgehead atoms. The number of carbonyl (C=O) groups is 1. The standard InChI is InChI=1S/C23H41N5O2.HI/c1-4-24-23(25-8-5-21-6-13-30-14-7-21)27-11-9-26(10-12-27)18-22(29)28-16-19(2)15-20(3)17-28;/h6,19-20H,4-5,7-18H2,1-3H3,(H,24,25);1H. The summed E-state index contributed by atoms with van der Waals surface area (Å²) in [7, 11) is 0. The summed E-state index contributed by atoms with van der Waals surface area (Å²) in [5.74, 6) is 2.54. The fourth-order valence-corrected chi connectivity index (χ4v) is 4.80. The van der Waals surface area contributed by atoms with E-state index in [-0.39, 0.29) is 24.0 Å². The smallest absolute Gasteiger partial charge is 0.236 e. The molecule has 0 aromatic heterocycles. The monoisotopic (exact) mass is 547 g/mol. The zero-order valence-electron chi connectivity index (χ0n) is 19.6. The number of nitrogens with zero attached hydrogens (tertiary/aromatic N) is 4. The van der Waals surface area contributed by atoms with Crippen molar-refractivity contribution < 1.29 is 9.53 Å². The number of hydrogen-bond donors (Lipinski definition) is 1. The average molecular weight is 548 g/mol. The van der Waals surface area contributed by atoms with Gasteiger partial charge in [0.1, 0.15) is 0 Å². The Labute approximate surface area is 205 Å². The predicted octanol–water partition coefficient (Wildman–Crippen LogP) is 2.43. The summed E-state index contributed by atoms with van der Waals surface area (Å²) < 4.78 is 5.38. The van der Waals surface area contributed by atoms with Gasteiger partial charge in [0, 0.05) is 52.4 Å². The van der Waals surface area contributed by atoms with Gasteiger partial charge in [0.05, 0.1) is 19.8 Å². The number of carbonyl (C=O) groups excluding carboxylic acids is 1. The molecule has 7 nitrogen and oxygen atoms in total. The minimum atomic E-state index is 0. The molecule has 2 saturated heterocycles. The van der Waals surface area contributed by atoms with Gasteiger partial charge in [-0.1, -0.05) is 25.5 Å². The maximum atomic E-state index is 12.8. The van der Waals surface area contributed by atoms with Gasteiger partial charge in [0.15, 0.2) is 5.96 Å². The van der Waals surface area contributed by atoms with E-state index in [1.165, 1.54) is 12.0 Å². The SMILES string of the molecule is CCNC(=NCCC1=CCOCC1)N1CCN(CC(=O)N2CC(C)CC(C)C2)CC1.I. The number of hydrogen-bond acceptors (Lipinski definition) is 4. The number of guanidine groups is 1. The van der Waals surface area contributed by atoms with Crippen molar-refractivity contribution in [2.75, 3.05) is 72.1 Å². The number of aliphatic imine (C=N–C) groups is 1. The highest BCUT2D eigenvalue weighted by Gasteiger charge is 2.28. The van der Waals surface area contributed by atoms with E-state index >= 15 is 0 Å². The zero-order valence-corrected chi connectivity index (χ0v) is 22.0. The third-order valence-corrected chi connectivity index (χ3v) is 6.34. The number of likely N-dealkylation sites (tertiary alicyclic amines) is 1. The first-order valence-corrected chi connectivity index (χ1v) is 11.8. The molecular formula is C23H42IN5O2. The number of amides is 1. The molecule has 0 saturated carbocycles. The Balaban J connectivity index is 0.00000341. The molecule has 3 aliphatic heterocycles. The van der Waals surface area contributed by atoms with Crippen LogP contribution >= 0.6 is 24.0 Å². The quantitative estimate of drug-likeness (QED) is 0.240. The van der Waals surface area contributed by atoms with E-state index in [0.717, 1.165) is 84.4 Å². The molecule has 0 radical (unpaired) electrons. The molecule has 2 atom stereocenters.